The standard InChI is InChI=1S/C24H29NO6S/c1-16-5-6-20(15-17(16)2)23(26)18(3)31-24(27)19-11-13-25(14-12-19)32(28,29)22-9-7-21(30-4)8-10-22/h5-10,15,18-19H,11-14H2,1-4H3. The van der Waals surface area contributed by atoms with Crippen molar-refractivity contribution in [2.45, 2.75) is 44.6 Å². The maximum Gasteiger partial charge on any atom is 0.309 e. The quantitative estimate of drug-likeness (QED) is 0.465. The first kappa shape index (κ1) is 23.9. The van der Waals surface area contributed by atoms with E-state index in [4.69, 9.17) is 9.47 Å². The Hall–Kier alpha value is -2.71. The molecule has 1 fully saturated rings. The van der Waals surface area contributed by atoms with E-state index in [0.717, 1.165) is 11.1 Å². The summed E-state index contributed by atoms with van der Waals surface area (Å²) in [6, 6.07) is 11.6. The molecule has 32 heavy (non-hydrogen) atoms. The summed E-state index contributed by atoms with van der Waals surface area (Å²) in [5.41, 5.74) is 2.59. The number of ether oxygens (including phenoxy) is 2. The highest BCUT2D eigenvalue weighted by molar-refractivity contribution is 7.89. The van der Waals surface area contributed by atoms with Crippen LogP contribution in [-0.2, 0) is 19.6 Å². The summed E-state index contributed by atoms with van der Waals surface area (Å²) >= 11 is 0. The summed E-state index contributed by atoms with van der Waals surface area (Å²) in [4.78, 5) is 25.4. The smallest absolute Gasteiger partial charge is 0.309 e. The van der Waals surface area contributed by atoms with E-state index in [9.17, 15) is 18.0 Å². The van der Waals surface area contributed by atoms with Gasteiger partial charge in [-0.15, -0.1) is 0 Å². The molecule has 172 valence electrons. The number of aryl methyl sites for hydroxylation is 2. The van der Waals surface area contributed by atoms with E-state index in [-0.39, 0.29) is 23.8 Å². The summed E-state index contributed by atoms with van der Waals surface area (Å²) in [5.74, 6) is -0.570. The van der Waals surface area contributed by atoms with Gasteiger partial charge < -0.3 is 9.47 Å². The molecule has 7 nitrogen and oxygen atoms in total. The molecule has 8 heteroatoms. The molecule has 1 atom stereocenters. The normalized spacial score (nSPS) is 16.4. The van der Waals surface area contributed by atoms with Crippen molar-refractivity contribution in [3.05, 3.63) is 59.2 Å². The van der Waals surface area contributed by atoms with E-state index in [1.165, 1.54) is 23.5 Å². The van der Waals surface area contributed by atoms with Gasteiger partial charge in [-0.05, 0) is 75.1 Å². The highest BCUT2D eigenvalue weighted by Crippen LogP contribution is 2.26. The molecule has 0 aromatic heterocycles. The van der Waals surface area contributed by atoms with Crippen molar-refractivity contribution in [1.82, 2.24) is 4.31 Å². The Bertz CT molecular complexity index is 1090. The van der Waals surface area contributed by atoms with Crippen LogP contribution in [0.1, 0.15) is 41.3 Å². The molecule has 1 heterocycles. The van der Waals surface area contributed by atoms with Crippen LogP contribution < -0.4 is 4.74 Å². The molecule has 0 N–H and O–H groups in total. The van der Waals surface area contributed by atoms with Gasteiger partial charge in [0.1, 0.15) is 5.75 Å². The number of ketones is 1. The second-order valence-electron chi connectivity index (χ2n) is 8.10. The largest absolute Gasteiger partial charge is 0.497 e. The third-order valence-corrected chi connectivity index (χ3v) is 7.85. The van der Waals surface area contributed by atoms with Crippen molar-refractivity contribution in [1.29, 1.82) is 0 Å². The Labute approximate surface area is 189 Å². The van der Waals surface area contributed by atoms with Gasteiger partial charge in [-0.25, -0.2) is 8.42 Å². The summed E-state index contributed by atoms with van der Waals surface area (Å²) in [6.07, 6.45) is -0.206. The van der Waals surface area contributed by atoms with Crippen LogP contribution in [0.2, 0.25) is 0 Å². The number of hydrogen-bond donors (Lipinski definition) is 0. The number of nitrogens with zero attached hydrogens (tertiary/aromatic N) is 1. The SMILES string of the molecule is COc1ccc(S(=O)(=O)N2CCC(C(=O)OC(C)C(=O)c3ccc(C)c(C)c3)CC2)cc1. The fraction of sp³-hybridized carbons (Fsp3) is 0.417. The fourth-order valence-electron chi connectivity index (χ4n) is 3.68. The second-order valence-corrected chi connectivity index (χ2v) is 10.0. The number of benzene rings is 2. The van der Waals surface area contributed by atoms with Crippen LogP contribution in [0.3, 0.4) is 0 Å². The zero-order chi connectivity index (χ0) is 23.5. The molecule has 2 aromatic carbocycles. The molecule has 0 amide bonds. The van der Waals surface area contributed by atoms with E-state index in [0.29, 0.717) is 24.2 Å². The molecule has 1 unspecified atom stereocenters. The van der Waals surface area contributed by atoms with Crippen molar-refractivity contribution in [2.75, 3.05) is 20.2 Å². The van der Waals surface area contributed by atoms with Crippen LogP contribution in [0.15, 0.2) is 47.4 Å². The number of Topliss-reactive ketones (excluding diaryl/α,β-unsaturated/α-hetero) is 1. The van der Waals surface area contributed by atoms with Gasteiger partial charge in [-0.2, -0.15) is 4.31 Å². The van der Waals surface area contributed by atoms with E-state index in [2.05, 4.69) is 0 Å². The third kappa shape index (κ3) is 5.19. The van der Waals surface area contributed by atoms with Gasteiger partial charge >= 0.3 is 5.97 Å². The first-order chi connectivity index (χ1) is 15.1. The van der Waals surface area contributed by atoms with Crippen molar-refractivity contribution >= 4 is 21.8 Å². The van der Waals surface area contributed by atoms with Crippen molar-refractivity contribution in [3.8, 4) is 5.75 Å². The number of carbonyl (C=O) groups excluding carboxylic acids is 2. The zero-order valence-corrected chi connectivity index (χ0v) is 19.6. The third-order valence-electron chi connectivity index (χ3n) is 5.94. The molecule has 0 aliphatic carbocycles. The molecular weight excluding hydrogens is 430 g/mol. The second kappa shape index (κ2) is 9.83. The minimum absolute atomic E-state index is 0.187. The van der Waals surface area contributed by atoms with Crippen LogP contribution in [0.25, 0.3) is 0 Å². The predicted octanol–water partition coefficient (Wildman–Crippen LogP) is 3.53. The minimum atomic E-state index is -3.64. The Morgan fingerprint density at radius 2 is 1.62 bits per heavy atom. The molecule has 0 saturated carbocycles. The average molecular weight is 460 g/mol. The van der Waals surface area contributed by atoms with Crippen LogP contribution in [0.4, 0.5) is 0 Å². The van der Waals surface area contributed by atoms with Crippen molar-refractivity contribution in [3.63, 3.8) is 0 Å². The first-order valence-electron chi connectivity index (χ1n) is 10.6. The van der Waals surface area contributed by atoms with Gasteiger partial charge in [0.05, 0.1) is 17.9 Å². The van der Waals surface area contributed by atoms with Gasteiger partial charge in [0.25, 0.3) is 0 Å². The number of rotatable bonds is 7. The van der Waals surface area contributed by atoms with Crippen LogP contribution >= 0.6 is 0 Å². The topological polar surface area (TPSA) is 90.0 Å². The molecular formula is C24H29NO6S. The van der Waals surface area contributed by atoms with E-state index >= 15 is 0 Å². The highest BCUT2D eigenvalue weighted by Gasteiger charge is 2.34. The Morgan fingerprint density at radius 1 is 1.00 bits per heavy atom. The van der Waals surface area contributed by atoms with Gasteiger partial charge in [0.2, 0.25) is 15.8 Å². The number of sulfonamides is 1. The van der Waals surface area contributed by atoms with E-state index < -0.39 is 28.0 Å². The van der Waals surface area contributed by atoms with Crippen molar-refractivity contribution in [2.24, 2.45) is 5.92 Å². The first-order valence-corrected chi connectivity index (χ1v) is 12.0. The molecule has 2 aromatic rings. The summed E-state index contributed by atoms with van der Waals surface area (Å²) in [6.45, 7) is 5.89. The molecule has 0 radical (unpaired) electrons. The number of carbonyl (C=O) groups is 2. The Balaban J connectivity index is 1.57. The lowest BCUT2D eigenvalue weighted by Gasteiger charge is -2.30. The molecule has 1 aliphatic heterocycles. The highest BCUT2D eigenvalue weighted by atomic mass is 32.2. The van der Waals surface area contributed by atoms with Crippen molar-refractivity contribution < 1.29 is 27.5 Å². The van der Waals surface area contributed by atoms with Crippen LogP contribution in [0.5, 0.6) is 5.75 Å². The summed E-state index contributed by atoms with van der Waals surface area (Å²) in [7, 11) is -2.13. The zero-order valence-electron chi connectivity index (χ0n) is 18.8. The Kier molecular flexibility index (Phi) is 7.36. The molecule has 3 rings (SSSR count). The number of piperidine rings is 1. The van der Waals surface area contributed by atoms with Gasteiger partial charge in [-0.3, -0.25) is 9.59 Å². The van der Waals surface area contributed by atoms with Crippen LogP contribution in [-0.4, -0.2) is 50.8 Å². The number of esters is 1. The summed E-state index contributed by atoms with van der Waals surface area (Å²) in [5, 5.41) is 0. The number of methoxy groups -OCH3 is 1. The summed E-state index contributed by atoms with van der Waals surface area (Å²) < 4.78 is 37.6. The maximum absolute atomic E-state index is 12.9. The van der Waals surface area contributed by atoms with E-state index in [1.807, 2.05) is 19.9 Å². The lowest BCUT2D eigenvalue weighted by Crippen LogP contribution is -2.41. The Morgan fingerprint density at radius 3 is 2.19 bits per heavy atom. The molecule has 1 saturated heterocycles. The molecule has 0 bridgehead atoms. The molecule has 1 aliphatic rings. The lowest BCUT2D eigenvalue weighted by molar-refractivity contribution is -0.152. The van der Waals surface area contributed by atoms with Crippen LogP contribution in [0, 0.1) is 19.8 Å². The monoisotopic (exact) mass is 459 g/mol. The van der Waals surface area contributed by atoms with Gasteiger partial charge in [-0.1, -0.05) is 12.1 Å². The van der Waals surface area contributed by atoms with E-state index in [1.54, 1.807) is 31.2 Å². The number of hydrogen-bond acceptors (Lipinski definition) is 6. The maximum atomic E-state index is 12.9. The van der Waals surface area contributed by atoms with Gasteiger partial charge in [0, 0.05) is 18.7 Å². The fourth-order valence-corrected chi connectivity index (χ4v) is 5.15. The van der Waals surface area contributed by atoms with Gasteiger partial charge in [0.15, 0.2) is 6.10 Å². The minimum Gasteiger partial charge on any atom is -0.497 e. The predicted molar refractivity (Wildman–Crippen MR) is 120 cm³/mol. The average Bonchev–Trinajstić information content (AvgIpc) is 2.80. The lowest BCUT2D eigenvalue weighted by atomic mass is 9.98. The molecule has 0 spiro atoms.